The van der Waals surface area contributed by atoms with Crippen molar-refractivity contribution in [3.8, 4) is 5.75 Å². The van der Waals surface area contributed by atoms with Gasteiger partial charge in [-0.2, -0.15) is 0 Å². The normalized spacial score (nSPS) is 16.9. The molecule has 170 valence electrons. The minimum Gasteiger partial charge on any atom is -0.479 e. The molecule has 32 heavy (non-hydrogen) atoms. The molecule has 1 aromatic carbocycles. The number of rotatable bonds is 9. The fraction of sp³-hybridized carbons (Fsp3) is 0.423. The summed E-state index contributed by atoms with van der Waals surface area (Å²) in [4.78, 5) is 14.6. The first kappa shape index (κ1) is 23.0. The van der Waals surface area contributed by atoms with Crippen LogP contribution in [-0.4, -0.2) is 30.4 Å². The number of thiophene rings is 2. The lowest BCUT2D eigenvalue weighted by molar-refractivity contribution is -0.155. The molecule has 4 rings (SSSR count). The zero-order valence-corrected chi connectivity index (χ0v) is 20.6. The predicted molar refractivity (Wildman–Crippen MR) is 130 cm³/mol. The number of carboxylic acid groups (broad SMARTS) is 1. The minimum atomic E-state index is -0.929. The Morgan fingerprint density at radius 2 is 1.81 bits per heavy atom. The van der Waals surface area contributed by atoms with Gasteiger partial charge in [0.1, 0.15) is 5.75 Å². The van der Waals surface area contributed by atoms with E-state index in [9.17, 15) is 9.90 Å². The zero-order valence-electron chi connectivity index (χ0n) is 19.0. The van der Waals surface area contributed by atoms with E-state index < -0.39 is 12.1 Å². The van der Waals surface area contributed by atoms with Gasteiger partial charge in [-0.05, 0) is 78.4 Å². The molecule has 4 nitrogen and oxygen atoms in total. The second-order valence-electron chi connectivity index (χ2n) is 9.23. The summed E-state index contributed by atoms with van der Waals surface area (Å²) in [7, 11) is 0. The zero-order chi connectivity index (χ0) is 22.9. The Morgan fingerprint density at radius 1 is 1.09 bits per heavy atom. The molecule has 0 aliphatic carbocycles. The average Bonchev–Trinajstić information content (AvgIpc) is 3.33. The molecular weight excluding hydrogens is 440 g/mol. The first-order valence-corrected chi connectivity index (χ1v) is 12.7. The van der Waals surface area contributed by atoms with Gasteiger partial charge in [0.2, 0.25) is 0 Å². The van der Waals surface area contributed by atoms with Crippen LogP contribution in [0.5, 0.6) is 5.75 Å². The minimum absolute atomic E-state index is 0.128. The average molecular weight is 471 g/mol. The van der Waals surface area contributed by atoms with Crippen molar-refractivity contribution in [3.63, 3.8) is 0 Å². The van der Waals surface area contributed by atoms with Crippen LogP contribution in [0, 0.1) is 26.2 Å². The van der Waals surface area contributed by atoms with Gasteiger partial charge in [0, 0.05) is 27.5 Å². The summed E-state index contributed by atoms with van der Waals surface area (Å²) < 4.78 is 11.3. The summed E-state index contributed by atoms with van der Waals surface area (Å²) in [5, 5.41) is 14.0. The fourth-order valence-electron chi connectivity index (χ4n) is 4.27. The highest BCUT2D eigenvalue weighted by Gasteiger charge is 2.39. The van der Waals surface area contributed by atoms with Crippen LogP contribution in [0.1, 0.15) is 51.3 Å². The first-order valence-electron chi connectivity index (χ1n) is 10.9. The van der Waals surface area contributed by atoms with Crippen LogP contribution in [0.25, 0.3) is 0 Å². The predicted octanol–water partition coefficient (Wildman–Crippen LogP) is 6.37. The van der Waals surface area contributed by atoms with Crippen LogP contribution >= 0.6 is 22.7 Å². The molecule has 1 N–H and O–H groups in total. The number of carbonyl (C=O) groups is 1. The highest BCUT2D eigenvalue weighted by atomic mass is 32.1. The van der Waals surface area contributed by atoms with Crippen LogP contribution in [0.2, 0.25) is 0 Å². The molecule has 0 saturated carbocycles. The molecule has 1 aliphatic rings. The van der Waals surface area contributed by atoms with Gasteiger partial charge >= 0.3 is 5.97 Å². The number of aliphatic carboxylic acids is 1. The summed E-state index contributed by atoms with van der Waals surface area (Å²) >= 11 is 3.62. The van der Waals surface area contributed by atoms with Crippen LogP contribution in [-0.2, 0) is 16.0 Å². The summed E-state index contributed by atoms with van der Waals surface area (Å²) in [6.45, 7) is 9.57. The number of hydrogen-bond donors (Lipinski definition) is 1. The Kier molecular flexibility index (Phi) is 6.75. The van der Waals surface area contributed by atoms with Gasteiger partial charge in [-0.15, -0.1) is 22.7 Å². The lowest BCUT2D eigenvalue weighted by Crippen LogP contribution is -2.45. The fourth-order valence-corrected chi connectivity index (χ4v) is 6.28. The molecule has 0 amide bonds. The SMILES string of the molecule is Cc1cc(C(Cc2sccc2C)c2sccc2C)ccc1OC(CC1(C)COC1)C(=O)O. The third kappa shape index (κ3) is 4.92. The number of carboxylic acids is 1. The Labute approximate surface area is 197 Å². The molecule has 6 heteroatoms. The van der Waals surface area contributed by atoms with Crippen molar-refractivity contribution in [2.75, 3.05) is 13.2 Å². The maximum atomic E-state index is 11.8. The summed E-state index contributed by atoms with van der Waals surface area (Å²) in [5.74, 6) is -0.0257. The maximum absolute atomic E-state index is 11.8. The molecular formula is C26H30O4S2. The molecule has 0 radical (unpaired) electrons. The van der Waals surface area contributed by atoms with Crippen molar-refractivity contribution in [3.05, 3.63) is 73.1 Å². The molecule has 0 bridgehead atoms. The monoisotopic (exact) mass is 470 g/mol. The van der Waals surface area contributed by atoms with Crippen molar-refractivity contribution in [2.24, 2.45) is 5.41 Å². The topological polar surface area (TPSA) is 55.8 Å². The Hall–Kier alpha value is -2.15. The van der Waals surface area contributed by atoms with Crippen LogP contribution in [0.15, 0.2) is 41.1 Å². The van der Waals surface area contributed by atoms with Crippen molar-refractivity contribution >= 4 is 28.6 Å². The van der Waals surface area contributed by atoms with Crippen molar-refractivity contribution in [2.45, 2.75) is 52.6 Å². The molecule has 2 unspecified atom stereocenters. The quantitative estimate of drug-likeness (QED) is 0.395. The first-order chi connectivity index (χ1) is 15.3. The van der Waals surface area contributed by atoms with Gasteiger partial charge in [-0.3, -0.25) is 0 Å². The molecule has 3 heterocycles. The van der Waals surface area contributed by atoms with Crippen LogP contribution in [0.3, 0.4) is 0 Å². The van der Waals surface area contributed by atoms with Gasteiger partial charge in [-0.1, -0.05) is 19.1 Å². The van der Waals surface area contributed by atoms with E-state index in [1.807, 2.05) is 31.3 Å². The van der Waals surface area contributed by atoms with Crippen LogP contribution in [0.4, 0.5) is 0 Å². The Balaban J connectivity index is 1.60. The van der Waals surface area contributed by atoms with Crippen molar-refractivity contribution in [1.29, 1.82) is 0 Å². The summed E-state index contributed by atoms with van der Waals surface area (Å²) in [6, 6.07) is 10.6. The maximum Gasteiger partial charge on any atom is 0.344 e. The molecule has 3 aromatic rings. The molecule has 2 atom stereocenters. The Bertz CT molecular complexity index is 1090. The number of aryl methyl sites for hydroxylation is 3. The van der Waals surface area contributed by atoms with Crippen molar-refractivity contribution in [1.82, 2.24) is 0 Å². The summed E-state index contributed by atoms with van der Waals surface area (Å²) in [6.07, 6.45) is 0.524. The molecule has 2 aromatic heterocycles. The van der Waals surface area contributed by atoms with E-state index in [1.165, 1.54) is 26.4 Å². The summed E-state index contributed by atoms with van der Waals surface area (Å²) in [5.41, 5.74) is 4.72. The lowest BCUT2D eigenvalue weighted by atomic mass is 9.82. The smallest absolute Gasteiger partial charge is 0.344 e. The Morgan fingerprint density at radius 3 is 2.34 bits per heavy atom. The van der Waals surface area contributed by atoms with Gasteiger partial charge in [0.25, 0.3) is 0 Å². The lowest BCUT2D eigenvalue weighted by Gasteiger charge is -2.39. The third-order valence-corrected chi connectivity index (χ3v) is 8.48. The van der Waals surface area contributed by atoms with Crippen molar-refractivity contribution < 1.29 is 19.4 Å². The number of benzene rings is 1. The van der Waals surface area contributed by atoms with Gasteiger partial charge < -0.3 is 14.6 Å². The van der Waals surface area contributed by atoms with E-state index >= 15 is 0 Å². The van der Waals surface area contributed by atoms with E-state index in [2.05, 4.69) is 48.9 Å². The van der Waals surface area contributed by atoms with E-state index in [0.29, 0.717) is 25.4 Å². The molecule has 1 aliphatic heterocycles. The van der Waals surface area contributed by atoms with E-state index in [0.717, 1.165) is 12.0 Å². The second-order valence-corrected chi connectivity index (χ2v) is 11.2. The highest BCUT2D eigenvalue weighted by Crippen LogP contribution is 2.38. The standard InChI is InChI=1S/C26H30O4S2/c1-16-7-9-31-23(16)12-20(24-17(2)8-10-32-24)19-5-6-21(18(3)11-19)30-22(25(27)28)13-26(4)14-29-15-26/h5-11,20,22H,12-15H2,1-4H3,(H,27,28). The number of ether oxygens (including phenoxy) is 2. The largest absolute Gasteiger partial charge is 0.479 e. The van der Waals surface area contributed by atoms with Gasteiger partial charge in [0.15, 0.2) is 6.10 Å². The second kappa shape index (κ2) is 9.38. The number of hydrogen-bond acceptors (Lipinski definition) is 5. The molecule has 1 saturated heterocycles. The van der Waals surface area contributed by atoms with E-state index in [-0.39, 0.29) is 11.3 Å². The van der Waals surface area contributed by atoms with Gasteiger partial charge in [0.05, 0.1) is 13.2 Å². The molecule has 1 fully saturated rings. The van der Waals surface area contributed by atoms with Crippen LogP contribution < -0.4 is 4.74 Å². The van der Waals surface area contributed by atoms with E-state index in [1.54, 1.807) is 11.3 Å². The van der Waals surface area contributed by atoms with Gasteiger partial charge in [-0.25, -0.2) is 4.79 Å². The van der Waals surface area contributed by atoms with E-state index in [4.69, 9.17) is 9.47 Å². The third-order valence-electron chi connectivity index (χ3n) is 6.30. The molecule has 0 spiro atoms. The highest BCUT2D eigenvalue weighted by molar-refractivity contribution is 7.10.